The van der Waals surface area contributed by atoms with Crippen molar-refractivity contribution in [3.05, 3.63) is 63.9 Å². The number of anilines is 1. The first kappa shape index (κ1) is 14.9. The molecule has 0 saturated carbocycles. The van der Waals surface area contributed by atoms with Crippen LogP contribution in [0.5, 0.6) is 0 Å². The van der Waals surface area contributed by atoms with Crippen LogP contribution in [0.15, 0.2) is 46.9 Å². The summed E-state index contributed by atoms with van der Waals surface area (Å²) >= 11 is 8.27. The van der Waals surface area contributed by atoms with Crippen molar-refractivity contribution in [3.8, 4) is 0 Å². The second-order valence-electron chi connectivity index (χ2n) is 4.52. The molecule has 0 aliphatic carbocycles. The Kier molecular flexibility index (Phi) is 4.73. The highest BCUT2D eigenvalue weighted by Gasteiger charge is 2.10. The Morgan fingerprint density at radius 2 is 2.05 bits per heavy atom. The van der Waals surface area contributed by atoms with Crippen LogP contribution in [0, 0.1) is 5.82 Å². The van der Waals surface area contributed by atoms with Gasteiger partial charge < -0.3 is 10.6 Å². The van der Waals surface area contributed by atoms with Gasteiger partial charge in [-0.1, -0.05) is 40.3 Å². The first-order valence-electron chi connectivity index (χ1n) is 6.02. The van der Waals surface area contributed by atoms with Gasteiger partial charge in [-0.3, -0.25) is 0 Å². The Bertz CT molecular complexity index is 646. The van der Waals surface area contributed by atoms with Crippen molar-refractivity contribution >= 4 is 38.8 Å². The highest BCUT2D eigenvalue weighted by atomic mass is 79.9. The Balaban J connectivity index is 2.21. The van der Waals surface area contributed by atoms with Crippen LogP contribution in [-0.2, 0) is 6.54 Å². The van der Waals surface area contributed by atoms with Crippen molar-refractivity contribution in [2.45, 2.75) is 6.54 Å². The Morgan fingerprint density at radius 1 is 1.30 bits per heavy atom. The summed E-state index contributed by atoms with van der Waals surface area (Å²) in [7, 11) is 1.85. The molecule has 0 saturated heterocycles. The predicted octanol–water partition coefficient (Wildman–Crippen LogP) is 3.86. The molecule has 2 aromatic carbocycles. The molecule has 0 atom stereocenters. The molecule has 2 rings (SSSR count). The second kappa shape index (κ2) is 6.33. The number of nitrogens with zero attached hydrogens (tertiary/aromatic N) is 1. The first-order chi connectivity index (χ1) is 9.47. The van der Waals surface area contributed by atoms with Crippen LogP contribution in [-0.4, -0.2) is 12.0 Å². The molecule has 2 aromatic rings. The summed E-state index contributed by atoms with van der Waals surface area (Å²) in [6, 6.07) is 12.7. The van der Waals surface area contributed by atoms with Gasteiger partial charge in [-0.2, -0.15) is 0 Å². The minimum Gasteiger partial charge on any atom is -0.389 e. The quantitative estimate of drug-likeness (QED) is 0.847. The molecule has 104 valence electrons. The topological polar surface area (TPSA) is 29.3 Å². The standard InChI is InChI=1S/C15H14BrFN2S/c1-19(9-10-3-2-4-12(16)7-10)14-6-5-11(15(18)20)8-13(14)17/h2-8H,9H2,1H3,(H2,18,20). The van der Waals surface area contributed by atoms with Crippen LogP contribution in [0.2, 0.25) is 0 Å². The molecule has 5 heteroatoms. The zero-order valence-corrected chi connectivity index (χ0v) is 13.3. The molecule has 0 aliphatic rings. The van der Waals surface area contributed by atoms with E-state index in [9.17, 15) is 4.39 Å². The van der Waals surface area contributed by atoms with Crippen LogP contribution in [0.4, 0.5) is 10.1 Å². The maximum Gasteiger partial charge on any atom is 0.147 e. The van der Waals surface area contributed by atoms with E-state index in [-0.39, 0.29) is 10.8 Å². The fourth-order valence-corrected chi connectivity index (χ4v) is 2.54. The minimum absolute atomic E-state index is 0.199. The van der Waals surface area contributed by atoms with Gasteiger partial charge in [0.15, 0.2) is 0 Å². The summed E-state index contributed by atoms with van der Waals surface area (Å²) in [6.45, 7) is 0.614. The highest BCUT2D eigenvalue weighted by molar-refractivity contribution is 9.10. The maximum absolute atomic E-state index is 14.1. The van der Waals surface area contributed by atoms with E-state index in [2.05, 4.69) is 15.9 Å². The molecule has 20 heavy (non-hydrogen) atoms. The van der Waals surface area contributed by atoms with Gasteiger partial charge in [0.05, 0.1) is 5.69 Å². The van der Waals surface area contributed by atoms with E-state index in [1.54, 1.807) is 12.1 Å². The maximum atomic E-state index is 14.1. The van der Waals surface area contributed by atoms with Crippen LogP contribution >= 0.6 is 28.1 Å². The third kappa shape index (κ3) is 3.55. The van der Waals surface area contributed by atoms with Crippen LogP contribution in [0.3, 0.4) is 0 Å². The zero-order valence-electron chi connectivity index (χ0n) is 10.9. The van der Waals surface area contributed by atoms with Crippen molar-refractivity contribution < 1.29 is 4.39 Å². The number of nitrogens with two attached hydrogens (primary N) is 1. The van der Waals surface area contributed by atoms with Gasteiger partial charge in [0, 0.05) is 23.6 Å². The Morgan fingerprint density at radius 3 is 2.65 bits per heavy atom. The normalized spacial score (nSPS) is 10.3. The smallest absolute Gasteiger partial charge is 0.147 e. The van der Waals surface area contributed by atoms with Crippen molar-refractivity contribution in [2.24, 2.45) is 5.73 Å². The van der Waals surface area contributed by atoms with Gasteiger partial charge in [0.2, 0.25) is 0 Å². The molecule has 0 fully saturated rings. The lowest BCUT2D eigenvalue weighted by molar-refractivity contribution is 0.622. The molecule has 0 heterocycles. The van der Waals surface area contributed by atoms with E-state index >= 15 is 0 Å². The third-order valence-electron chi connectivity index (χ3n) is 2.95. The van der Waals surface area contributed by atoms with Gasteiger partial charge in [-0.25, -0.2) is 4.39 Å². The van der Waals surface area contributed by atoms with Crippen molar-refractivity contribution in [2.75, 3.05) is 11.9 Å². The van der Waals surface area contributed by atoms with E-state index in [4.69, 9.17) is 18.0 Å². The zero-order chi connectivity index (χ0) is 14.7. The Labute approximate surface area is 131 Å². The monoisotopic (exact) mass is 352 g/mol. The average molecular weight is 353 g/mol. The summed E-state index contributed by atoms with van der Waals surface area (Å²) in [5, 5.41) is 0. The molecule has 0 aromatic heterocycles. The highest BCUT2D eigenvalue weighted by Crippen LogP contribution is 2.22. The number of hydrogen-bond acceptors (Lipinski definition) is 2. The third-order valence-corrected chi connectivity index (χ3v) is 3.68. The molecule has 2 N–H and O–H groups in total. The number of thiocarbonyl (C=S) groups is 1. The number of benzene rings is 2. The van der Waals surface area contributed by atoms with Crippen LogP contribution in [0.25, 0.3) is 0 Å². The van der Waals surface area contributed by atoms with E-state index in [0.717, 1.165) is 10.0 Å². The summed E-state index contributed by atoms with van der Waals surface area (Å²) in [6.07, 6.45) is 0. The van der Waals surface area contributed by atoms with Crippen LogP contribution < -0.4 is 10.6 Å². The fraction of sp³-hybridized carbons (Fsp3) is 0.133. The summed E-state index contributed by atoms with van der Waals surface area (Å²) in [4.78, 5) is 2.05. The summed E-state index contributed by atoms with van der Waals surface area (Å²) in [5.74, 6) is -0.326. The average Bonchev–Trinajstić information content (AvgIpc) is 2.38. The number of hydrogen-bond donors (Lipinski definition) is 1. The predicted molar refractivity (Wildman–Crippen MR) is 88.5 cm³/mol. The van der Waals surface area contributed by atoms with Crippen LogP contribution in [0.1, 0.15) is 11.1 Å². The van der Waals surface area contributed by atoms with Gasteiger partial charge in [-0.15, -0.1) is 0 Å². The molecule has 0 radical (unpaired) electrons. The first-order valence-corrected chi connectivity index (χ1v) is 7.22. The second-order valence-corrected chi connectivity index (χ2v) is 5.87. The van der Waals surface area contributed by atoms with E-state index in [1.165, 1.54) is 6.07 Å². The molecule has 0 amide bonds. The van der Waals surface area contributed by atoms with E-state index in [0.29, 0.717) is 17.8 Å². The summed E-state index contributed by atoms with van der Waals surface area (Å²) in [5.41, 5.74) is 7.65. The van der Waals surface area contributed by atoms with Gasteiger partial charge in [-0.05, 0) is 35.9 Å². The molecular weight excluding hydrogens is 339 g/mol. The van der Waals surface area contributed by atoms with Crippen molar-refractivity contribution in [1.29, 1.82) is 0 Å². The summed E-state index contributed by atoms with van der Waals surface area (Å²) < 4.78 is 15.1. The number of halogens is 2. The van der Waals surface area contributed by atoms with Gasteiger partial charge >= 0.3 is 0 Å². The lowest BCUT2D eigenvalue weighted by atomic mass is 10.1. The number of rotatable bonds is 4. The lowest BCUT2D eigenvalue weighted by Gasteiger charge is -2.20. The molecule has 2 nitrogen and oxygen atoms in total. The SMILES string of the molecule is CN(Cc1cccc(Br)c1)c1ccc(C(N)=S)cc1F. The molecule has 0 bridgehead atoms. The Hall–Kier alpha value is -1.46. The molecule has 0 spiro atoms. The molecule has 0 unspecified atom stereocenters. The van der Waals surface area contributed by atoms with Gasteiger partial charge in [0.25, 0.3) is 0 Å². The fourth-order valence-electron chi connectivity index (χ4n) is 1.96. The van der Waals surface area contributed by atoms with E-state index in [1.807, 2.05) is 36.2 Å². The van der Waals surface area contributed by atoms with E-state index < -0.39 is 0 Å². The largest absolute Gasteiger partial charge is 0.389 e. The molecule has 0 aliphatic heterocycles. The minimum atomic E-state index is -0.326. The van der Waals surface area contributed by atoms with Crippen molar-refractivity contribution in [3.63, 3.8) is 0 Å². The van der Waals surface area contributed by atoms with Gasteiger partial charge in [0.1, 0.15) is 10.8 Å². The lowest BCUT2D eigenvalue weighted by Crippen LogP contribution is -2.18. The molecular formula is C15H14BrFN2S. The van der Waals surface area contributed by atoms with Crippen molar-refractivity contribution in [1.82, 2.24) is 0 Å².